The zero-order valence-corrected chi connectivity index (χ0v) is 11.5. The van der Waals surface area contributed by atoms with Crippen molar-refractivity contribution >= 4 is 5.78 Å². The Morgan fingerprint density at radius 2 is 2.42 bits per heavy atom. The van der Waals surface area contributed by atoms with E-state index in [0.717, 1.165) is 4.68 Å². The van der Waals surface area contributed by atoms with Crippen molar-refractivity contribution in [1.82, 2.24) is 9.78 Å². The fourth-order valence-corrected chi connectivity index (χ4v) is 0.741. The molecule has 1 radical (unpaired) electrons. The van der Waals surface area contributed by atoms with Crippen molar-refractivity contribution in [3.8, 4) is 5.69 Å². The summed E-state index contributed by atoms with van der Waals surface area (Å²) < 4.78 is 99.6. The summed E-state index contributed by atoms with van der Waals surface area (Å²) in [6.45, 7) is -6.16. The van der Waals surface area contributed by atoms with Gasteiger partial charge >= 0.3 is 0 Å². The maximum absolute atomic E-state index is 10.8. The Hall–Kier alpha value is -1.71. The van der Waals surface area contributed by atoms with Gasteiger partial charge in [-0.15, -0.1) is 6.04 Å². The summed E-state index contributed by atoms with van der Waals surface area (Å²) in [5, 5.41) is 12.4. The molecule has 2 rings (SSSR count). The molecule has 19 heavy (non-hydrogen) atoms. The summed E-state index contributed by atoms with van der Waals surface area (Å²) in [4.78, 5) is 10.8. The van der Waals surface area contributed by atoms with E-state index >= 15 is 0 Å². The van der Waals surface area contributed by atoms with Gasteiger partial charge in [0.1, 0.15) is 0 Å². The van der Waals surface area contributed by atoms with Crippen LogP contribution in [-0.2, 0) is 24.9 Å². The molecule has 1 aromatic heterocycles. The Morgan fingerprint density at radius 3 is 3.05 bits per heavy atom. The molecular formula is C14H15IrN2O2-. The van der Waals surface area contributed by atoms with Crippen molar-refractivity contribution in [2.24, 2.45) is 0 Å². The van der Waals surface area contributed by atoms with Gasteiger partial charge in [0.15, 0.2) is 5.78 Å². The molecule has 5 heteroatoms. The predicted octanol–water partition coefficient (Wildman–Crippen LogP) is 2.71. The van der Waals surface area contributed by atoms with Crippen LogP contribution < -0.4 is 0 Å². The Morgan fingerprint density at radius 1 is 1.58 bits per heavy atom. The van der Waals surface area contributed by atoms with E-state index in [9.17, 15) is 4.79 Å². The molecule has 0 aliphatic carbocycles. The number of carbonyl (C=O) groups is 1. The van der Waals surface area contributed by atoms with Crippen molar-refractivity contribution in [3.05, 3.63) is 60.4 Å². The van der Waals surface area contributed by atoms with E-state index in [4.69, 9.17) is 24.3 Å². The number of ketones is 1. The normalized spacial score (nSPS) is 22.3. The molecule has 0 amide bonds. The molecule has 4 nitrogen and oxygen atoms in total. The average Bonchev–Trinajstić information content (AvgIpc) is 2.93. The number of rotatable bonds is 2. The number of hydrogen-bond donors (Lipinski definition) is 1. The molecule has 103 valence electrons. The second-order valence-electron chi connectivity index (χ2n) is 2.54. The first kappa shape index (κ1) is 5.00. The molecule has 1 heterocycles. The van der Waals surface area contributed by atoms with Crippen molar-refractivity contribution in [2.75, 3.05) is 0 Å². The van der Waals surface area contributed by atoms with Crippen LogP contribution in [0.1, 0.15) is 32.9 Å². The first-order valence-corrected chi connectivity index (χ1v) is 4.30. The molecule has 2 aromatic rings. The minimum atomic E-state index is -3.11. The summed E-state index contributed by atoms with van der Waals surface area (Å²) in [7, 11) is 0. The SMILES string of the molecule is [2H]/C(C(=O)C([2H])([2H])[2H])=C(/O)C([2H])([2H])[2H].[2H]c1[c-]c(-n2nc([2H])c([2H])c2[2H])c([2H])c([2H])c1[2H].[Ir]. The molecule has 0 fully saturated rings. The molecule has 1 N–H and O–H groups in total. The second-order valence-corrected chi connectivity index (χ2v) is 2.54. The fourth-order valence-electron chi connectivity index (χ4n) is 0.741. The standard InChI is InChI=1S/C9H7N2.C5H8O2.Ir/c1-2-5-9(6-3-1)11-8-4-7-10-11;1-4(6)3-5(2)7;/h1-5,7-8H;3,6H,1-2H3;/q-1;;/b;4-3-;/i1D,2D,3D,4D,5D,7D,8D;1D3,2D3,3D;. The number of hydrogen-bond acceptors (Lipinski definition) is 3. The van der Waals surface area contributed by atoms with E-state index in [1.165, 1.54) is 0 Å². The molecule has 0 saturated carbocycles. The third-order valence-corrected chi connectivity index (χ3v) is 1.30. The Labute approximate surface area is 145 Å². The summed E-state index contributed by atoms with van der Waals surface area (Å²) in [6.07, 6.45) is -0.845. The van der Waals surface area contributed by atoms with Gasteiger partial charge in [-0.05, 0) is 28.2 Å². The number of allylic oxidation sites excluding steroid dienone is 2. The quantitative estimate of drug-likeness (QED) is 0.436. The smallest absolute Gasteiger partial charge is 0.155 e. The van der Waals surface area contributed by atoms with Crippen LogP contribution in [0.3, 0.4) is 0 Å². The summed E-state index contributed by atoms with van der Waals surface area (Å²) in [5.41, 5.74) is -0.169. The van der Waals surface area contributed by atoms with Crippen LogP contribution >= 0.6 is 0 Å². The van der Waals surface area contributed by atoms with E-state index in [0.29, 0.717) is 0 Å². The second kappa shape index (κ2) is 9.25. The van der Waals surface area contributed by atoms with Gasteiger partial charge in [-0.2, -0.15) is 29.3 Å². The van der Waals surface area contributed by atoms with Gasteiger partial charge in [0.05, 0.1) is 11.2 Å². The molecule has 0 atom stereocenters. The zero-order valence-electron chi connectivity index (χ0n) is 23.1. The predicted molar refractivity (Wildman–Crippen MR) is 69.5 cm³/mol. The van der Waals surface area contributed by atoms with Crippen LogP contribution in [0.25, 0.3) is 5.69 Å². The van der Waals surface area contributed by atoms with E-state index in [-0.39, 0.29) is 31.8 Å². The van der Waals surface area contributed by atoms with E-state index in [2.05, 4.69) is 11.2 Å². The van der Waals surface area contributed by atoms with Crippen molar-refractivity contribution in [1.29, 1.82) is 0 Å². The third-order valence-electron chi connectivity index (χ3n) is 1.30. The van der Waals surface area contributed by atoms with Crippen LogP contribution in [0.4, 0.5) is 0 Å². The number of aromatic nitrogens is 2. The number of aliphatic hydroxyl groups is 1. The van der Waals surface area contributed by atoms with Crippen LogP contribution in [0, 0.1) is 6.07 Å². The minimum Gasteiger partial charge on any atom is -0.512 e. The topological polar surface area (TPSA) is 55.1 Å². The summed E-state index contributed by atoms with van der Waals surface area (Å²) in [5.74, 6) is -3.19. The van der Waals surface area contributed by atoms with Crippen molar-refractivity contribution < 1.29 is 49.2 Å². The Balaban J connectivity index is 0.000000624. The number of carbonyl (C=O) groups excluding carboxylic acids is 1. The van der Waals surface area contributed by atoms with E-state index < -0.39 is 67.8 Å². The molecule has 0 bridgehead atoms. The monoisotopic (exact) mass is 450 g/mol. The summed E-state index contributed by atoms with van der Waals surface area (Å²) >= 11 is 0. The van der Waals surface area contributed by atoms with Crippen LogP contribution in [0.5, 0.6) is 0 Å². The van der Waals surface area contributed by atoms with Gasteiger partial charge in [0.25, 0.3) is 0 Å². The van der Waals surface area contributed by atoms with E-state index in [1.54, 1.807) is 0 Å². The largest absolute Gasteiger partial charge is 0.512 e. The van der Waals surface area contributed by atoms with Gasteiger partial charge in [-0.25, -0.2) is 0 Å². The Kier molecular flexibility index (Phi) is 2.43. The molecular weight excluding hydrogens is 420 g/mol. The van der Waals surface area contributed by atoms with Gasteiger partial charge < -0.3 is 5.11 Å². The maximum Gasteiger partial charge on any atom is 0.155 e. The molecule has 0 saturated heterocycles. The molecule has 0 spiro atoms. The average molecular weight is 450 g/mol. The van der Waals surface area contributed by atoms with E-state index in [1.807, 2.05) is 0 Å². The van der Waals surface area contributed by atoms with Gasteiger partial charge in [0, 0.05) is 49.5 Å². The number of aliphatic hydroxyl groups excluding tert-OH is 1. The molecule has 0 unspecified atom stereocenters. The molecule has 1 aromatic carbocycles. The van der Waals surface area contributed by atoms with Crippen LogP contribution in [-0.4, -0.2) is 20.7 Å². The molecule has 0 aliphatic rings. The maximum atomic E-state index is 10.8. The van der Waals surface area contributed by atoms with Crippen LogP contribution in [0.15, 0.2) is 54.4 Å². The number of benzene rings is 1. The first-order chi connectivity index (χ1) is 14.3. The third kappa shape index (κ3) is 7.34. The zero-order chi connectivity index (χ0) is 25.3. The van der Waals surface area contributed by atoms with Gasteiger partial charge in [-0.1, -0.05) is 0 Å². The first-order valence-electron chi connectivity index (χ1n) is 11.3. The summed E-state index contributed by atoms with van der Waals surface area (Å²) in [6, 6.07) is -1.14. The molecule has 0 aliphatic heterocycles. The number of para-hydroxylation sites is 1. The van der Waals surface area contributed by atoms with Gasteiger partial charge in [-0.3, -0.25) is 9.48 Å². The van der Waals surface area contributed by atoms with Crippen molar-refractivity contribution in [3.63, 3.8) is 0 Å². The Bertz CT molecular complexity index is 1070. The van der Waals surface area contributed by atoms with Crippen LogP contribution in [0.2, 0.25) is 0 Å². The van der Waals surface area contributed by atoms with Gasteiger partial charge in [0.2, 0.25) is 0 Å². The fraction of sp³-hybridized carbons (Fsp3) is 0.143. The number of nitrogens with zero attached hydrogens (tertiary/aromatic N) is 2. The minimum absolute atomic E-state index is 0. The van der Waals surface area contributed by atoms with Crippen molar-refractivity contribution in [2.45, 2.75) is 13.7 Å².